The molecule has 1 heterocycles. The third-order valence-corrected chi connectivity index (χ3v) is 3.85. The number of para-hydroxylation sites is 2. The Labute approximate surface area is 133 Å². The van der Waals surface area contributed by atoms with E-state index in [1.165, 1.54) is 0 Å². The van der Waals surface area contributed by atoms with E-state index in [2.05, 4.69) is 15.0 Å². The van der Waals surface area contributed by atoms with Crippen molar-refractivity contribution in [1.29, 1.82) is 0 Å². The summed E-state index contributed by atoms with van der Waals surface area (Å²) in [7, 11) is 0. The number of hydrogen-bond donors (Lipinski definition) is 2. The summed E-state index contributed by atoms with van der Waals surface area (Å²) in [4.78, 5) is 12.2. The fraction of sp³-hybridized carbons (Fsp3) is 0.0526. The van der Waals surface area contributed by atoms with Crippen LogP contribution in [0.4, 0.5) is 0 Å². The van der Waals surface area contributed by atoms with Crippen molar-refractivity contribution in [2.45, 2.75) is 6.54 Å². The number of nitrogens with one attached hydrogen (secondary N) is 1. The first-order chi connectivity index (χ1) is 11.3. The first-order valence-corrected chi connectivity index (χ1v) is 7.45. The first kappa shape index (κ1) is 13.5. The monoisotopic (exact) mass is 301 g/mol. The molecule has 0 amide bonds. The summed E-state index contributed by atoms with van der Waals surface area (Å²) < 4.78 is 0. The molecule has 4 rings (SSSR count). The van der Waals surface area contributed by atoms with E-state index in [1.54, 1.807) is 12.3 Å². The molecule has 0 radical (unpaired) electrons. The van der Waals surface area contributed by atoms with Gasteiger partial charge in [0, 0.05) is 11.8 Å². The van der Waals surface area contributed by atoms with Crippen LogP contribution in [0.1, 0.15) is 11.4 Å². The Balaban J connectivity index is 1.65. The molecule has 112 valence electrons. The molecule has 0 spiro atoms. The van der Waals surface area contributed by atoms with Crippen molar-refractivity contribution >= 4 is 28.0 Å². The number of phenols is 1. The predicted octanol–water partition coefficient (Wildman–Crippen LogP) is 4.04. The standard InChI is InChI=1S/C19H15N3O/c23-18-10-9-13-5-1-2-6-14(13)15(18)11-20-12-19-21-16-7-3-4-8-17(16)22-19/h1-11,23H,12H2,(H,21,22). The van der Waals surface area contributed by atoms with Crippen LogP contribution in [0, 0.1) is 0 Å². The van der Waals surface area contributed by atoms with Crippen LogP contribution in [-0.4, -0.2) is 21.3 Å². The maximum absolute atomic E-state index is 10.1. The molecule has 0 atom stereocenters. The highest BCUT2D eigenvalue weighted by molar-refractivity contribution is 6.02. The summed E-state index contributed by atoms with van der Waals surface area (Å²) in [5.74, 6) is 1.04. The van der Waals surface area contributed by atoms with E-state index < -0.39 is 0 Å². The van der Waals surface area contributed by atoms with Gasteiger partial charge in [-0.1, -0.05) is 42.5 Å². The number of rotatable bonds is 3. The van der Waals surface area contributed by atoms with Gasteiger partial charge in [0.15, 0.2) is 0 Å². The van der Waals surface area contributed by atoms with E-state index in [-0.39, 0.29) is 5.75 Å². The van der Waals surface area contributed by atoms with Crippen LogP contribution >= 0.6 is 0 Å². The quantitative estimate of drug-likeness (QED) is 0.561. The van der Waals surface area contributed by atoms with Crippen molar-refractivity contribution in [2.24, 2.45) is 4.99 Å². The Bertz CT molecular complexity index is 984. The van der Waals surface area contributed by atoms with Gasteiger partial charge in [-0.25, -0.2) is 4.98 Å². The van der Waals surface area contributed by atoms with Crippen molar-refractivity contribution in [3.63, 3.8) is 0 Å². The second-order valence-corrected chi connectivity index (χ2v) is 5.39. The van der Waals surface area contributed by atoms with Gasteiger partial charge in [0.1, 0.15) is 11.6 Å². The highest BCUT2D eigenvalue weighted by atomic mass is 16.3. The van der Waals surface area contributed by atoms with Crippen molar-refractivity contribution < 1.29 is 5.11 Å². The largest absolute Gasteiger partial charge is 0.507 e. The second kappa shape index (κ2) is 5.57. The van der Waals surface area contributed by atoms with Gasteiger partial charge in [-0.3, -0.25) is 4.99 Å². The third-order valence-electron chi connectivity index (χ3n) is 3.85. The molecule has 0 fully saturated rings. The highest BCUT2D eigenvalue weighted by Gasteiger charge is 2.04. The summed E-state index contributed by atoms with van der Waals surface area (Å²) in [5, 5.41) is 12.2. The van der Waals surface area contributed by atoms with Crippen LogP contribution in [0.15, 0.2) is 65.7 Å². The second-order valence-electron chi connectivity index (χ2n) is 5.39. The number of aliphatic imine (C=N–C) groups is 1. The normalized spacial score (nSPS) is 11.7. The molecule has 0 bridgehead atoms. The van der Waals surface area contributed by atoms with Gasteiger partial charge >= 0.3 is 0 Å². The minimum absolute atomic E-state index is 0.233. The number of aromatic nitrogens is 2. The summed E-state index contributed by atoms with van der Waals surface area (Å²) in [5.41, 5.74) is 2.68. The van der Waals surface area contributed by atoms with E-state index in [4.69, 9.17) is 0 Å². The number of aromatic hydroxyl groups is 1. The maximum Gasteiger partial charge on any atom is 0.128 e. The number of aromatic amines is 1. The average molecular weight is 301 g/mol. The Hall–Kier alpha value is -3.14. The average Bonchev–Trinajstić information content (AvgIpc) is 2.99. The van der Waals surface area contributed by atoms with E-state index in [0.717, 1.165) is 33.2 Å². The molecule has 2 N–H and O–H groups in total. The van der Waals surface area contributed by atoms with Gasteiger partial charge in [0.05, 0.1) is 17.6 Å². The van der Waals surface area contributed by atoms with Crippen molar-refractivity contribution in [3.8, 4) is 5.75 Å². The molecule has 1 aromatic heterocycles. The lowest BCUT2D eigenvalue weighted by atomic mass is 10.0. The minimum atomic E-state index is 0.233. The first-order valence-electron chi connectivity index (χ1n) is 7.45. The van der Waals surface area contributed by atoms with Crippen LogP contribution in [-0.2, 0) is 6.54 Å². The van der Waals surface area contributed by atoms with E-state index >= 15 is 0 Å². The number of benzene rings is 3. The number of phenolic OH excluding ortho intramolecular Hbond substituents is 1. The number of hydrogen-bond acceptors (Lipinski definition) is 3. The lowest BCUT2D eigenvalue weighted by Crippen LogP contribution is -1.89. The molecule has 0 saturated heterocycles. The fourth-order valence-corrected chi connectivity index (χ4v) is 2.72. The van der Waals surface area contributed by atoms with Gasteiger partial charge in [0.25, 0.3) is 0 Å². The molecule has 3 aromatic carbocycles. The van der Waals surface area contributed by atoms with Gasteiger partial charge in [0.2, 0.25) is 0 Å². The van der Waals surface area contributed by atoms with Crippen LogP contribution in [0.5, 0.6) is 5.75 Å². The molecule has 0 aliphatic rings. The minimum Gasteiger partial charge on any atom is -0.507 e. The zero-order valence-corrected chi connectivity index (χ0v) is 12.4. The topological polar surface area (TPSA) is 61.3 Å². The van der Waals surface area contributed by atoms with Gasteiger partial charge in [-0.05, 0) is 29.0 Å². The van der Waals surface area contributed by atoms with E-state index in [1.807, 2.05) is 54.6 Å². The number of imidazole rings is 1. The fourth-order valence-electron chi connectivity index (χ4n) is 2.72. The summed E-state index contributed by atoms with van der Waals surface area (Å²) in [6.45, 7) is 0.442. The van der Waals surface area contributed by atoms with Crippen LogP contribution in [0.25, 0.3) is 21.8 Å². The van der Waals surface area contributed by atoms with Crippen molar-refractivity contribution in [3.05, 3.63) is 72.1 Å². The Kier molecular flexibility index (Phi) is 3.27. The molecule has 4 heteroatoms. The molecule has 0 aliphatic carbocycles. The van der Waals surface area contributed by atoms with Gasteiger partial charge in [-0.2, -0.15) is 0 Å². The lowest BCUT2D eigenvalue weighted by molar-refractivity contribution is 0.475. The maximum atomic E-state index is 10.1. The summed E-state index contributed by atoms with van der Waals surface area (Å²) in [6.07, 6.45) is 1.71. The number of nitrogens with zero attached hydrogens (tertiary/aromatic N) is 2. The molecule has 4 nitrogen and oxygen atoms in total. The lowest BCUT2D eigenvalue weighted by Gasteiger charge is -2.04. The van der Waals surface area contributed by atoms with Gasteiger partial charge in [-0.15, -0.1) is 0 Å². The predicted molar refractivity (Wildman–Crippen MR) is 93.0 cm³/mol. The van der Waals surface area contributed by atoms with E-state index in [9.17, 15) is 5.11 Å². The molecule has 23 heavy (non-hydrogen) atoms. The molecule has 4 aromatic rings. The number of H-pyrrole nitrogens is 1. The summed E-state index contributed by atoms with van der Waals surface area (Å²) in [6, 6.07) is 19.4. The number of fused-ring (bicyclic) bond motifs is 2. The van der Waals surface area contributed by atoms with E-state index in [0.29, 0.717) is 6.54 Å². The molecule has 0 saturated carbocycles. The molecular weight excluding hydrogens is 286 g/mol. The highest BCUT2D eigenvalue weighted by Crippen LogP contribution is 2.25. The molecular formula is C19H15N3O. The van der Waals surface area contributed by atoms with Gasteiger partial charge < -0.3 is 10.1 Å². The Morgan fingerprint density at radius 3 is 2.74 bits per heavy atom. The zero-order valence-electron chi connectivity index (χ0n) is 12.4. The molecule has 0 aliphatic heterocycles. The Morgan fingerprint density at radius 2 is 1.83 bits per heavy atom. The van der Waals surface area contributed by atoms with Crippen LogP contribution < -0.4 is 0 Å². The third kappa shape index (κ3) is 2.55. The summed E-state index contributed by atoms with van der Waals surface area (Å²) >= 11 is 0. The smallest absolute Gasteiger partial charge is 0.128 e. The van der Waals surface area contributed by atoms with Crippen LogP contribution in [0.3, 0.4) is 0 Å². The molecule has 0 unspecified atom stereocenters. The Morgan fingerprint density at radius 1 is 1.00 bits per heavy atom. The zero-order chi connectivity index (χ0) is 15.6. The SMILES string of the molecule is Oc1ccc2ccccc2c1C=NCc1nc2ccccc2[nH]1. The van der Waals surface area contributed by atoms with Crippen molar-refractivity contribution in [1.82, 2.24) is 9.97 Å². The van der Waals surface area contributed by atoms with Crippen molar-refractivity contribution in [2.75, 3.05) is 0 Å². The van der Waals surface area contributed by atoms with Crippen LogP contribution in [0.2, 0.25) is 0 Å².